The molecule has 2 aromatic heterocycles. The van der Waals surface area contributed by atoms with E-state index in [0.29, 0.717) is 74.0 Å². The second-order valence-corrected chi connectivity index (χ2v) is 12.0. The number of hydrogen-bond donors (Lipinski definition) is 4. The molecule has 0 saturated carbocycles. The topological polar surface area (TPSA) is 167 Å². The predicted octanol–water partition coefficient (Wildman–Crippen LogP) is 3.67. The Morgan fingerprint density at radius 1 is 1.21 bits per heavy atom. The van der Waals surface area contributed by atoms with Gasteiger partial charge in [-0.05, 0) is 55.2 Å². The maximum absolute atomic E-state index is 14.2. The Hall–Kier alpha value is -4.58. The van der Waals surface area contributed by atoms with Crippen LogP contribution in [0.4, 0.5) is 5.69 Å². The highest BCUT2D eigenvalue weighted by Gasteiger charge is 2.49. The van der Waals surface area contributed by atoms with Crippen molar-refractivity contribution in [1.82, 2.24) is 15.2 Å². The highest BCUT2D eigenvalue weighted by molar-refractivity contribution is 7.21. The van der Waals surface area contributed by atoms with E-state index >= 15 is 0 Å². The number of anilines is 1. The van der Waals surface area contributed by atoms with Crippen LogP contribution in [0.2, 0.25) is 0 Å². The van der Waals surface area contributed by atoms with Crippen molar-refractivity contribution in [3.63, 3.8) is 0 Å². The number of thiophene rings is 1. The van der Waals surface area contributed by atoms with Crippen LogP contribution >= 0.6 is 11.3 Å². The molecule has 0 radical (unpaired) electrons. The summed E-state index contributed by atoms with van der Waals surface area (Å²) >= 11 is 1.19. The molecule has 1 fully saturated rings. The molecule has 220 valence electrons. The molecule has 0 spiro atoms. The fourth-order valence-corrected chi connectivity index (χ4v) is 7.31. The number of hydrogen-bond acceptors (Lipinski definition) is 9. The Kier molecular flexibility index (Phi) is 7.25. The van der Waals surface area contributed by atoms with Gasteiger partial charge in [-0.2, -0.15) is 0 Å². The number of piperidine rings is 1. The van der Waals surface area contributed by atoms with E-state index in [1.165, 1.54) is 17.4 Å². The molecule has 3 atom stereocenters. The number of aryl methyl sites for hydroxylation is 1. The highest BCUT2D eigenvalue weighted by atomic mass is 32.1. The molecule has 10 nitrogen and oxygen atoms in total. The lowest BCUT2D eigenvalue weighted by Crippen LogP contribution is -2.53. The molecular formula is C32H32N6O4S. The van der Waals surface area contributed by atoms with Gasteiger partial charge in [-0.3, -0.25) is 14.4 Å². The Morgan fingerprint density at radius 3 is 2.70 bits per heavy atom. The molecule has 1 saturated heterocycles. The van der Waals surface area contributed by atoms with Gasteiger partial charge in [0.15, 0.2) is 5.78 Å². The minimum absolute atomic E-state index is 0.176. The number of nitrogen functional groups attached to an aromatic ring is 1. The number of nitrogens with one attached hydrogen (secondary N) is 1. The molecule has 0 bridgehead atoms. The van der Waals surface area contributed by atoms with Gasteiger partial charge in [0.05, 0.1) is 15.6 Å². The SMILES string of the molecule is C=CC(=O)N1CCCC(NC(=O)c2sc3c(N)ccc4c3c2C(N)C(=O)C4(N)c2cnc(Oc3ccccc3)cc2C)C1. The second kappa shape index (κ2) is 10.9. The van der Waals surface area contributed by atoms with E-state index in [4.69, 9.17) is 21.9 Å². The van der Waals surface area contributed by atoms with Gasteiger partial charge >= 0.3 is 0 Å². The third kappa shape index (κ3) is 4.75. The van der Waals surface area contributed by atoms with Crippen LogP contribution in [0.3, 0.4) is 0 Å². The number of amides is 2. The maximum atomic E-state index is 14.2. The zero-order valence-electron chi connectivity index (χ0n) is 23.6. The quantitative estimate of drug-likeness (QED) is 0.193. The minimum Gasteiger partial charge on any atom is -0.439 e. The highest BCUT2D eigenvalue weighted by Crippen LogP contribution is 2.50. The maximum Gasteiger partial charge on any atom is 0.262 e. The number of carbonyl (C=O) groups is 3. The zero-order valence-corrected chi connectivity index (χ0v) is 24.4. The lowest BCUT2D eigenvalue weighted by Gasteiger charge is -2.37. The van der Waals surface area contributed by atoms with Crippen LogP contribution in [0.15, 0.2) is 67.4 Å². The monoisotopic (exact) mass is 596 g/mol. The molecule has 43 heavy (non-hydrogen) atoms. The Labute approximate surface area is 252 Å². The first-order valence-electron chi connectivity index (χ1n) is 14.0. The van der Waals surface area contributed by atoms with Gasteiger partial charge in [-0.25, -0.2) is 4.98 Å². The number of nitrogens with two attached hydrogens (primary N) is 3. The molecule has 11 heteroatoms. The van der Waals surface area contributed by atoms with Gasteiger partial charge in [0.2, 0.25) is 11.8 Å². The number of Topliss-reactive ketones (excluding diaryl/α,β-unsaturated/α-hetero) is 1. The fraction of sp³-hybridized carbons (Fsp3) is 0.250. The third-order valence-electron chi connectivity index (χ3n) is 8.24. The van der Waals surface area contributed by atoms with Crippen LogP contribution in [0, 0.1) is 6.92 Å². The summed E-state index contributed by atoms with van der Waals surface area (Å²) in [4.78, 5) is 46.4. The van der Waals surface area contributed by atoms with E-state index in [0.717, 1.165) is 6.42 Å². The number of benzene rings is 2. The molecule has 2 aliphatic rings. The Morgan fingerprint density at radius 2 is 1.98 bits per heavy atom. The van der Waals surface area contributed by atoms with Crippen molar-refractivity contribution in [2.75, 3.05) is 18.8 Å². The van der Waals surface area contributed by atoms with Gasteiger partial charge in [0.25, 0.3) is 5.91 Å². The third-order valence-corrected chi connectivity index (χ3v) is 9.49. The summed E-state index contributed by atoms with van der Waals surface area (Å²) < 4.78 is 6.52. The van der Waals surface area contributed by atoms with Crippen LogP contribution < -0.4 is 27.3 Å². The van der Waals surface area contributed by atoms with E-state index in [-0.39, 0.29) is 17.9 Å². The van der Waals surface area contributed by atoms with Gasteiger partial charge in [0, 0.05) is 53.6 Å². The molecular weight excluding hydrogens is 564 g/mol. The number of aromatic nitrogens is 1. The van der Waals surface area contributed by atoms with E-state index < -0.39 is 17.4 Å². The molecule has 3 unspecified atom stereocenters. The second-order valence-electron chi connectivity index (χ2n) is 11.0. The van der Waals surface area contributed by atoms with Gasteiger partial charge in [-0.15, -0.1) is 11.3 Å². The van der Waals surface area contributed by atoms with Crippen molar-refractivity contribution in [2.45, 2.75) is 37.4 Å². The smallest absolute Gasteiger partial charge is 0.262 e. The summed E-state index contributed by atoms with van der Waals surface area (Å²) in [7, 11) is 0. The summed E-state index contributed by atoms with van der Waals surface area (Å²) in [5, 5.41) is 3.66. The van der Waals surface area contributed by atoms with E-state index in [1.54, 1.807) is 29.3 Å². The summed E-state index contributed by atoms with van der Waals surface area (Å²) in [5.74, 6) is -0.0161. The van der Waals surface area contributed by atoms with E-state index in [1.807, 2.05) is 37.3 Å². The minimum atomic E-state index is -1.63. The van der Waals surface area contributed by atoms with E-state index in [9.17, 15) is 14.4 Å². The van der Waals surface area contributed by atoms with Gasteiger partial charge in [0.1, 0.15) is 11.3 Å². The van der Waals surface area contributed by atoms with Crippen molar-refractivity contribution >= 4 is 44.7 Å². The van der Waals surface area contributed by atoms with E-state index in [2.05, 4.69) is 16.9 Å². The van der Waals surface area contributed by atoms with Gasteiger partial charge in [-0.1, -0.05) is 30.8 Å². The lowest BCUT2D eigenvalue weighted by atomic mass is 9.70. The van der Waals surface area contributed by atoms with Crippen molar-refractivity contribution in [1.29, 1.82) is 0 Å². The summed E-state index contributed by atoms with van der Waals surface area (Å²) in [6, 6.07) is 13.0. The van der Waals surface area contributed by atoms with Crippen LogP contribution in [0.1, 0.15) is 50.8 Å². The molecule has 3 heterocycles. The van der Waals surface area contributed by atoms with Crippen molar-refractivity contribution < 1.29 is 19.1 Å². The largest absolute Gasteiger partial charge is 0.439 e. The number of ketones is 1. The normalized spacial score (nSPS) is 21.5. The lowest BCUT2D eigenvalue weighted by molar-refractivity contribution is -0.127. The first-order valence-corrected chi connectivity index (χ1v) is 14.8. The number of rotatable bonds is 6. The van der Waals surface area contributed by atoms with Crippen LogP contribution in [0.25, 0.3) is 10.1 Å². The molecule has 6 rings (SSSR count). The fourth-order valence-electron chi connectivity index (χ4n) is 6.11. The van der Waals surface area contributed by atoms with Crippen molar-refractivity contribution in [2.24, 2.45) is 11.5 Å². The average molecular weight is 597 g/mol. The summed E-state index contributed by atoms with van der Waals surface area (Å²) in [5.41, 5.74) is 21.0. The average Bonchev–Trinajstić information content (AvgIpc) is 3.42. The van der Waals surface area contributed by atoms with Crippen molar-refractivity contribution in [3.8, 4) is 11.6 Å². The van der Waals surface area contributed by atoms with Gasteiger partial charge < -0.3 is 32.2 Å². The van der Waals surface area contributed by atoms with Crippen LogP contribution in [-0.4, -0.2) is 46.6 Å². The predicted molar refractivity (Wildman–Crippen MR) is 166 cm³/mol. The number of ether oxygens (including phenoxy) is 1. The first kappa shape index (κ1) is 28.5. The summed E-state index contributed by atoms with van der Waals surface area (Å²) in [6.45, 7) is 6.38. The number of likely N-dealkylation sites (tertiary alicyclic amines) is 1. The Balaban J connectivity index is 1.39. The van der Waals surface area contributed by atoms with Crippen LogP contribution in [-0.2, 0) is 15.1 Å². The molecule has 2 amide bonds. The van der Waals surface area contributed by atoms with Crippen LogP contribution in [0.5, 0.6) is 11.6 Å². The number of carbonyl (C=O) groups excluding carboxylic acids is 3. The molecule has 1 aliphatic heterocycles. The Bertz CT molecular complexity index is 1790. The molecule has 4 aromatic rings. The molecule has 2 aromatic carbocycles. The number of pyridine rings is 1. The molecule has 7 N–H and O–H groups in total. The van der Waals surface area contributed by atoms with Crippen molar-refractivity contribution in [3.05, 3.63) is 94.5 Å². The molecule has 1 aliphatic carbocycles. The summed E-state index contributed by atoms with van der Waals surface area (Å²) in [6.07, 6.45) is 4.28. The zero-order chi connectivity index (χ0) is 30.5. The number of para-hydroxylation sites is 1. The standard InChI is InChI=1S/C32H32N6O4S/c1-3-24(39)38-13-7-8-18(16-38)37-31(41)29-26-25-20(11-12-22(33)28(25)43-29)32(35,30(40)27(26)34)21-15-36-23(14-17(21)2)42-19-9-5-4-6-10-19/h3-6,9-12,14-15,18,27H,1,7-8,13,16,33-35H2,2H3,(H,37,41). The first-order chi connectivity index (χ1) is 20.6. The number of nitrogens with zero attached hydrogens (tertiary/aromatic N) is 2.